The second-order valence-electron chi connectivity index (χ2n) is 1.33. The van der Waals surface area contributed by atoms with Crippen LogP contribution in [-0.4, -0.2) is 14.6 Å². The fourth-order valence-corrected chi connectivity index (χ4v) is 0.994. The first-order valence-electron chi connectivity index (χ1n) is 2.06. The van der Waals surface area contributed by atoms with Gasteiger partial charge in [0.2, 0.25) is 0 Å². The predicted octanol–water partition coefficient (Wildman–Crippen LogP) is 0.620. The Labute approximate surface area is 49.5 Å². The van der Waals surface area contributed by atoms with Gasteiger partial charge in [-0.1, -0.05) is 0 Å². The maximum atomic E-state index is 3.78. The maximum absolute atomic E-state index is 3.78. The first-order valence-corrected chi connectivity index (χ1v) is 2.83. The minimum atomic E-state index is 0.843. The third-order valence-corrected chi connectivity index (χ3v) is 1.51. The molecule has 0 saturated heterocycles. The van der Waals surface area contributed by atoms with Gasteiger partial charge in [0, 0.05) is 0 Å². The topological polar surface area (TPSA) is 41.6 Å². The molecule has 3 nitrogen and oxygen atoms in total. The molecule has 0 aliphatic rings. The number of aromatic nitrogens is 3. The number of fused-ring (bicyclic) bond motifs is 1. The molecule has 0 aromatic carbocycles. The highest BCUT2D eigenvalue weighted by Crippen LogP contribution is 2.10. The molecule has 0 atom stereocenters. The zero-order chi connectivity index (χ0) is 5.40. The van der Waals surface area contributed by atoms with E-state index in [1.54, 1.807) is 0 Å². The van der Waals surface area contributed by atoms with E-state index in [2.05, 4.69) is 27.0 Å². The monoisotopic (exact) mass is 123 g/mol. The molecule has 0 saturated carbocycles. The van der Waals surface area contributed by atoms with Gasteiger partial charge in [0.1, 0.15) is 22.6 Å². The molecule has 38 valence electrons. The standard InChI is InChI=1S/C4HN3S/c1-3-4(8-6-1)2-5-7-3/h(H,5,7). The van der Waals surface area contributed by atoms with Crippen molar-refractivity contribution in [3.63, 3.8) is 0 Å². The lowest BCUT2D eigenvalue weighted by molar-refractivity contribution is 1.11. The molecule has 8 heavy (non-hydrogen) atoms. The molecule has 4 heteroatoms. The zero-order valence-corrected chi connectivity index (χ0v) is 4.62. The highest BCUT2D eigenvalue weighted by molar-refractivity contribution is 7.13. The van der Waals surface area contributed by atoms with Crippen molar-refractivity contribution in [3.8, 4) is 0 Å². The summed E-state index contributed by atoms with van der Waals surface area (Å²) >= 11 is 1.34. The molecular formula is C4HN3S. The lowest BCUT2D eigenvalue weighted by atomic mass is 10.6. The largest absolute Gasteiger partial charge is 0.274 e. The molecule has 0 aliphatic carbocycles. The van der Waals surface area contributed by atoms with Gasteiger partial charge < -0.3 is 0 Å². The van der Waals surface area contributed by atoms with Crippen molar-refractivity contribution >= 4 is 21.7 Å². The number of rotatable bonds is 0. The first-order chi connectivity index (χ1) is 3.97. The van der Waals surface area contributed by atoms with Gasteiger partial charge in [0.25, 0.3) is 0 Å². The van der Waals surface area contributed by atoms with Gasteiger partial charge in [-0.05, 0) is 11.5 Å². The van der Waals surface area contributed by atoms with Crippen molar-refractivity contribution in [2.75, 3.05) is 0 Å². The molecule has 2 radical (unpaired) electrons. The molecule has 2 aromatic heterocycles. The van der Waals surface area contributed by atoms with Gasteiger partial charge in [0.15, 0.2) is 0 Å². The molecule has 1 N–H and O–H groups in total. The van der Waals surface area contributed by atoms with Crippen molar-refractivity contribution in [1.82, 2.24) is 14.6 Å². The van der Waals surface area contributed by atoms with Crippen LogP contribution in [0.1, 0.15) is 0 Å². The minimum Gasteiger partial charge on any atom is -0.274 e. The average molecular weight is 123 g/mol. The Kier molecular flexibility index (Phi) is 0.648. The normalized spacial score (nSPS) is 10.5. The van der Waals surface area contributed by atoms with Crippen LogP contribution in [0.3, 0.4) is 0 Å². The van der Waals surface area contributed by atoms with Crippen molar-refractivity contribution in [2.45, 2.75) is 0 Å². The predicted molar refractivity (Wildman–Crippen MR) is 29.4 cm³/mol. The Balaban J connectivity index is 3.06. The lowest BCUT2D eigenvalue weighted by Gasteiger charge is -1.60. The van der Waals surface area contributed by atoms with E-state index in [1.807, 2.05) is 0 Å². The Morgan fingerprint density at radius 2 is 2.50 bits per heavy atom. The van der Waals surface area contributed by atoms with E-state index in [1.165, 1.54) is 11.5 Å². The fraction of sp³-hybridized carbons (Fsp3) is 0. The molecule has 2 aromatic rings. The molecule has 0 spiro atoms. The molecule has 0 fully saturated rings. The minimum absolute atomic E-state index is 0.843. The van der Waals surface area contributed by atoms with Gasteiger partial charge in [-0.3, -0.25) is 5.10 Å². The highest BCUT2D eigenvalue weighted by atomic mass is 32.1. The van der Waals surface area contributed by atoms with Gasteiger partial charge in [0.05, 0.1) is 0 Å². The van der Waals surface area contributed by atoms with Crippen LogP contribution in [0.25, 0.3) is 10.2 Å². The van der Waals surface area contributed by atoms with E-state index in [-0.39, 0.29) is 0 Å². The van der Waals surface area contributed by atoms with E-state index in [4.69, 9.17) is 0 Å². The SMILES string of the molecule is [c]1nsc2[c]n[nH]c12. The molecule has 2 rings (SSSR count). The Morgan fingerprint density at radius 3 is 3.38 bits per heavy atom. The van der Waals surface area contributed by atoms with E-state index >= 15 is 0 Å². The molecule has 0 unspecified atom stereocenters. The van der Waals surface area contributed by atoms with Gasteiger partial charge in [-0.25, -0.2) is 0 Å². The summed E-state index contributed by atoms with van der Waals surface area (Å²) in [6, 6.07) is 0. The number of nitrogens with zero attached hydrogens (tertiary/aromatic N) is 2. The van der Waals surface area contributed by atoms with Gasteiger partial charge in [-0.2, -0.15) is 9.47 Å². The summed E-state index contributed by atoms with van der Waals surface area (Å²) in [6.07, 6.45) is 5.44. The van der Waals surface area contributed by atoms with Crippen molar-refractivity contribution in [1.29, 1.82) is 0 Å². The van der Waals surface area contributed by atoms with E-state index in [9.17, 15) is 0 Å². The summed E-state index contributed by atoms with van der Waals surface area (Å²) in [5.74, 6) is 0. The van der Waals surface area contributed by atoms with E-state index in [0.29, 0.717) is 0 Å². The third kappa shape index (κ3) is 0.376. The second-order valence-corrected chi connectivity index (χ2v) is 2.11. The van der Waals surface area contributed by atoms with Gasteiger partial charge in [-0.15, -0.1) is 0 Å². The average Bonchev–Trinajstić information content (AvgIpc) is 2.15. The number of hydrogen-bond acceptors (Lipinski definition) is 3. The van der Waals surface area contributed by atoms with Crippen LogP contribution >= 0.6 is 11.5 Å². The third-order valence-electron chi connectivity index (χ3n) is 0.847. The van der Waals surface area contributed by atoms with Crippen LogP contribution in [0.4, 0.5) is 0 Å². The number of aromatic amines is 1. The van der Waals surface area contributed by atoms with E-state index in [0.717, 1.165) is 10.2 Å². The molecule has 0 amide bonds. The van der Waals surface area contributed by atoms with E-state index < -0.39 is 0 Å². The summed E-state index contributed by atoms with van der Waals surface area (Å²) < 4.78 is 4.71. The smallest absolute Gasteiger partial charge is 0.133 e. The highest BCUT2D eigenvalue weighted by Gasteiger charge is 1.94. The molecule has 0 bridgehead atoms. The molecular weight excluding hydrogens is 122 g/mol. The fourth-order valence-electron chi connectivity index (χ4n) is 0.497. The van der Waals surface area contributed by atoms with Crippen LogP contribution < -0.4 is 0 Å². The Bertz CT molecular complexity index is 233. The lowest BCUT2D eigenvalue weighted by Crippen LogP contribution is -1.61. The Hall–Kier alpha value is -0.900. The Morgan fingerprint density at radius 1 is 1.50 bits per heavy atom. The maximum Gasteiger partial charge on any atom is 0.133 e. The van der Waals surface area contributed by atoms with Crippen molar-refractivity contribution < 1.29 is 0 Å². The summed E-state index contributed by atoms with van der Waals surface area (Å²) in [4.78, 5) is 0. The summed E-state index contributed by atoms with van der Waals surface area (Å²) in [6.45, 7) is 0. The number of H-pyrrole nitrogens is 1. The van der Waals surface area contributed by atoms with Crippen molar-refractivity contribution in [2.24, 2.45) is 0 Å². The zero-order valence-electron chi connectivity index (χ0n) is 3.80. The van der Waals surface area contributed by atoms with Crippen LogP contribution in [0.5, 0.6) is 0 Å². The number of nitrogens with one attached hydrogen (secondary N) is 1. The number of hydrogen-bond donors (Lipinski definition) is 1. The second kappa shape index (κ2) is 1.29. The van der Waals surface area contributed by atoms with Crippen LogP contribution in [0, 0.1) is 12.4 Å². The molecule has 2 heterocycles. The summed E-state index contributed by atoms with van der Waals surface area (Å²) in [5, 5.41) is 6.34. The molecule has 0 aliphatic heterocycles. The van der Waals surface area contributed by atoms with Crippen LogP contribution in [-0.2, 0) is 0 Å². The summed E-state index contributed by atoms with van der Waals surface area (Å²) in [5.41, 5.74) is 0.843. The first kappa shape index (κ1) is 4.03. The quantitative estimate of drug-likeness (QED) is 0.558. The van der Waals surface area contributed by atoms with Crippen LogP contribution in [0.15, 0.2) is 0 Å². The summed E-state index contributed by atoms with van der Waals surface area (Å²) in [7, 11) is 0. The van der Waals surface area contributed by atoms with Crippen molar-refractivity contribution in [3.05, 3.63) is 12.4 Å². The van der Waals surface area contributed by atoms with Gasteiger partial charge >= 0.3 is 0 Å². The van der Waals surface area contributed by atoms with Crippen LogP contribution in [0.2, 0.25) is 0 Å².